The highest BCUT2D eigenvalue weighted by Gasteiger charge is 2.14. The molecule has 2 N–H and O–H groups in total. The molecule has 8 nitrogen and oxygen atoms in total. The minimum Gasteiger partial charge on any atom is -0.486 e. The Balaban J connectivity index is 1.70. The van der Waals surface area contributed by atoms with Gasteiger partial charge in [-0.25, -0.2) is 15.0 Å². The van der Waals surface area contributed by atoms with E-state index < -0.39 is 0 Å². The van der Waals surface area contributed by atoms with Gasteiger partial charge in [0, 0.05) is 29.1 Å². The molecule has 0 saturated carbocycles. The minimum absolute atomic E-state index is 0.184. The Morgan fingerprint density at radius 2 is 1.84 bits per heavy atom. The molecule has 1 aromatic carbocycles. The lowest BCUT2D eigenvalue weighted by atomic mass is 10.1. The van der Waals surface area contributed by atoms with Gasteiger partial charge in [-0.2, -0.15) is 0 Å². The molecule has 0 bridgehead atoms. The lowest BCUT2D eigenvalue weighted by molar-refractivity contribution is -0.117. The van der Waals surface area contributed by atoms with Gasteiger partial charge in [0.1, 0.15) is 31.1 Å². The van der Waals surface area contributed by atoms with Crippen molar-refractivity contribution in [3.05, 3.63) is 60.3 Å². The SMILES string of the molecule is CNC(C)C(=O)Nc1ccc(-c2cncnc2)c(C#Cc2ccc3c(c2)OCCO3)n1. The van der Waals surface area contributed by atoms with Gasteiger partial charge in [0.25, 0.3) is 0 Å². The molecular weight excluding hydrogens is 394 g/mol. The normalized spacial score (nSPS) is 13.0. The Morgan fingerprint density at radius 3 is 2.61 bits per heavy atom. The van der Waals surface area contributed by atoms with Crippen molar-refractivity contribution >= 4 is 11.7 Å². The van der Waals surface area contributed by atoms with Crippen LogP contribution in [0.15, 0.2) is 49.1 Å². The zero-order chi connectivity index (χ0) is 21.6. The quantitative estimate of drug-likeness (QED) is 0.631. The average molecular weight is 415 g/mol. The molecule has 156 valence electrons. The maximum atomic E-state index is 12.2. The van der Waals surface area contributed by atoms with Crippen molar-refractivity contribution in [3.63, 3.8) is 0 Å². The van der Waals surface area contributed by atoms with Gasteiger partial charge in [-0.15, -0.1) is 0 Å². The number of carbonyl (C=O) groups is 1. The summed E-state index contributed by atoms with van der Waals surface area (Å²) in [5, 5.41) is 5.70. The second-order valence-electron chi connectivity index (χ2n) is 6.83. The molecule has 31 heavy (non-hydrogen) atoms. The maximum Gasteiger partial charge on any atom is 0.242 e. The number of ether oxygens (including phenoxy) is 2. The van der Waals surface area contributed by atoms with E-state index in [1.54, 1.807) is 32.4 Å². The van der Waals surface area contributed by atoms with Crippen molar-refractivity contribution in [2.75, 3.05) is 25.6 Å². The second kappa shape index (κ2) is 9.24. The van der Waals surface area contributed by atoms with Crippen LogP contribution in [0, 0.1) is 11.8 Å². The van der Waals surface area contributed by atoms with E-state index in [1.807, 2.05) is 24.3 Å². The molecule has 4 rings (SSSR count). The number of amides is 1. The van der Waals surface area contributed by atoms with Crippen molar-refractivity contribution in [2.45, 2.75) is 13.0 Å². The summed E-state index contributed by atoms with van der Waals surface area (Å²) in [4.78, 5) is 25.0. The van der Waals surface area contributed by atoms with E-state index in [0.29, 0.717) is 36.2 Å². The van der Waals surface area contributed by atoms with Crippen LogP contribution in [0.4, 0.5) is 5.82 Å². The predicted molar refractivity (Wildman–Crippen MR) is 116 cm³/mol. The van der Waals surface area contributed by atoms with E-state index in [-0.39, 0.29) is 11.9 Å². The monoisotopic (exact) mass is 415 g/mol. The van der Waals surface area contributed by atoms with Crippen molar-refractivity contribution in [2.24, 2.45) is 0 Å². The first-order chi connectivity index (χ1) is 15.1. The lowest BCUT2D eigenvalue weighted by Gasteiger charge is -2.17. The second-order valence-corrected chi connectivity index (χ2v) is 6.83. The molecule has 8 heteroatoms. The molecule has 3 aromatic rings. The number of anilines is 1. The van der Waals surface area contributed by atoms with Gasteiger partial charge >= 0.3 is 0 Å². The molecule has 0 fully saturated rings. The van der Waals surface area contributed by atoms with Crippen LogP contribution in [0.3, 0.4) is 0 Å². The molecule has 1 amide bonds. The van der Waals surface area contributed by atoms with Gasteiger partial charge in [-0.05, 0) is 50.2 Å². The van der Waals surface area contributed by atoms with Crippen LogP contribution in [0.5, 0.6) is 11.5 Å². The van der Waals surface area contributed by atoms with Gasteiger partial charge in [0.2, 0.25) is 5.91 Å². The number of rotatable bonds is 4. The number of aromatic nitrogens is 3. The van der Waals surface area contributed by atoms with Gasteiger partial charge in [0.05, 0.1) is 6.04 Å². The number of hydrogen-bond donors (Lipinski definition) is 2. The Morgan fingerprint density at radius 1 is 1.06 bits per heavy atom. The Labute approximate surface area is 180 Å². The highest BCUT2D eigenvalue weighted by atomic mass is 16.6. The molecule has 1 aliphatic heterocycles. The van der Waals surface area contributed by atoms with Crippen molar-refractivity contribution in [1.29, 1.82) is 0 Å². The number of nitrogens with zero attached hydrogens (tertiary/aromatic N) is 3. The molecule has 0 aliphatic carbocycles. The third-order valence-corrected chi connectivity index (χ3v) is 4.71. The largest absolute Gasteiger partial charge is 0.486 e. The van der Waals surface area contributed by atoms with Gasteiger partial charge in [-0.3, -0.25) is 4.79 Å². The lowest BCUT2D eigenvalue weighted by Crippen LogP contribution is -2.35. The van der Waals surface area contributed by atoms with Crippen molar-refractivity contribution in [1.82, 2.24) is 20.3 Å². The van der Waals surface area contributed by atoms with Crippen LogP contribution < -0.4 is 20.1 Å². The van der Waals surface area contributed by atoms with E-state index in [0.717, 1.165) is 16.7 Å². The summed E-state index contributed by atoms with van der Waals surface area (Å²) < 4.78 is 11.2. The molecular formula is C23H21N5O3. The average Bonchev–Trinajstić information content (AvgIpc) is 2.82. The van der Waals surface area contributed by atoms with E-state index in [2.05, 4.69) is 37.4 Å². The molecule has 3 heterocycles. The summed E-state index contributed by atoms with van der Waals surface area (Å²) in [5.41, 5.74) is 2.81. The minimum atomic E-state index is -0.351. The number of nitrogens with one attached hydrogen (secondary N) is 2. The number of hydrogen-bond acceptors (Lipinski definition) is 7. The maximum absolute atomic E-state index is 12.2. The zero-order valence-electron chi connectivity index (χ0n) is 17.2. The summed E-state index contributed by atoms with van der Waals surface area (Å²) in [6, 6.07) is 8.78. The highest BCUT2D eigenvalue weighted by molar-refractivity contribution is 5.94. The fourth-order valence-corrected chi connectivity index (χ4v) is 2.91. The molecule has 2 aromatic heterocycles. The first-order valence-electron chi connectivity index (χ1n) is 9.80. The topological polar surface area (TPSA) is 98.3 Å². The zero-order valence-corrected chi connectivity index (χ0v) is 17.2. The number of pyridine rings is 1. The van der Waals surface area contributed by atoms with E-state index in [9.17, 15) is 4.79 Å². The molecule has 1 atom stereocenters. The van der Waals surface area contributed by atoms with E-state index in [1.165, 1.54) is 6.33 Å². The third-order valence-electron chi connectivity index (χ3n) is 4.71. The number of likely N-dealkylation sites (N-methyl/N-ethyl adjacent to an activating group) is 1. The number of carbonyl (C=O) groups excluding carboxylic acids is 1. The fraction of sp³-hybridized carbons (Fsp3) is 0.217. The van der Waals surface area contributed by atoms with Crippen LogP contribution in [-0.2, 0) is 4.79 Å². The van der Waals surface area contributed by atoms with Crippen LogP contribution in [0.25, 0.3) is 11.1 Å². The van der Waals surface area contributed by atoms with E-state index in [4.69, 9.17) is 9.47 Å². The van der Waals surface area contributed by atoms with Crippen LogP contribution in [0.1, 0.15) is 18.2 Å². The first kappa shape index (κ1) is 20.3. The van der Waals surface area contributed by atoms with Crippen LogP contribution >= 0.6 is 0 Å². The fourth-order valence-electron chi connectivity index (χ4n) is 2.91. The standard InChI is InChI=1S/C23H21N5O3/c1-15(24-2)23(29)28-22-8-5-18(17-12-25-14-26-13-17)19(27-22)6-3-16-4-7-20-21(11-16)31-10-9-30-20/h4-5,7-8,11-15,24H,9-10H2,1-2H3,(H,27,28,29). The summed E-state index contributed by atoms with van der Waals surface area (Å²) in [6.07, 6.45) is 4.85. The smallest absolute Gasteiger partial charge is 0.242 e. The summed E-state index contributed by atoms with van der Waals surface area (Å²) >= 11 is 0. The van der Waals surface area contributed by atoms with Crippen molar-refractivity contribution in [3.8, 4) is 34.5 Å². The highest BCUT2D eigenvalue weighted by Crippen LogP contribution is 2.30. The number of fused-ring (bicyclic) bond motifs is 1. The summed E-state index contributed by atoms with van der Waals surface area (Å²) in [7, 11) is 1.72. The van der Waals surface area contributed by atoms with Gasteiger partial charge < -0.3 is 20.1 Å². The summed E-state index contributed by atoms with van der Waals surface area (Å²) in [6.45, 7) is 2.82. The van der Waals surface area contributed by atoms with Gasteiger partial charge in [-0.1, -0.05) is 5.92 Å². The summed E-state index contributed by atoms with van der Waals surface area (Å²) in [5.74, 6) is 7.85. The molecule has 1 aliphatic rings. The number of benzene rings is 1. The molecule has 0 radical (unpaired) electrons. The van der Waals surface area contributed by atoms with E-state index >= 15 is 0 Å². The predicted octanol–water partition coefficient (Wildman–Crippen LogP) is 2.26. The Kier molecular flexibility index (Phi) is 6.05. The third kappa shape index (κ3) is 4.79. The Hall–Kier alpha value is -3.96. The van der Waals surface area contributed by atoms with Crippen LogP contribution in [0.2, 0.25) is 0 Å². The van der Waals surface area contributed by atoms with Crippen molar-refractivity contribution < 1.29 is 14.3 Å². The van der Waals surface area contributed by atoms with Gasteiger partial charge in [0.15, 0.2) is 11.5 Å². The molecule has 0 spiro atoms. The van der Waals surface area contributed by atoms with Crippen LogP contribution in [-0.4, -0.2) is 47.2 Å². The first-order valence-corrected chi connectivity index (χ1v) is 9.80. The Bertz CT molecular complexity index is 1150. The molecule has 0 saturated heterocycles. The molecule has 1 unspecified atom stereocenters.